The summed E-state index contributed by atoms with van der Waals surface area (Å²) in [5, 5.41) is 20.4. The first-order valence-corrected chi connectivity index (χ1v) is 7.54. The Morgan fingerprint density at radius 3 is 2.74 bits per heavy atom. The van der Waals surface area contributed by atoms with Crippen LogP contribution in [0.1, 0.15) is 0 Å². The minimum absolute atomic E-state index is 0.0810. The number of carboxylic acids is 1. The number of fused-ring (bicyclic) bond motifs is 1. The lowest BCUT2D eigenvalue weighted by Crippen LogP contribution is -2.70. The fraction of sp³-hybridized carbons (Fsp3) is 0.500. The molecule has 1 saturated heterocycles. The van der Waals surface area contributed by atoms with E-state index in [1.54, 1.807) is 0 Å². The van der Waals surface area contributed by atoms with Crippen LogP contribution in [0.2, 0.25) is 0 Å². The first kappa shape index (κ1) is 14.4. The van der Waals surface area contributed by atoms with Crippen molar-refractivity contribution in [3.8, 4) is 0 Å². The number of nitrogens with one attached hydrogen (secondary N) is 1. The van der Waals surface area contributed by atoms with Gasteiger partial charge in [0, 0.05) is 5.75 Å². The van der Waals surface area contributed by atoms with Crippen LogP contribution < -0.4 is 5.32 Å². The number of aliphatic hydroxyl groups is 1. The van der Waals surface area contributed by atoms with Crippen molar-refractivity contribution >= 4 is 45.5 Å². The second kappa shape index (κ2) is 5.51. The molecular formula is C10H11BrN2O5S. The third-order valence-corrected chi connectivity index (χ3v) is 4.73. The Labute approximate surface area is 121 Å². The van der Waals surface area contributed by atoms with Gasteiger partial charge in [0.2, 0.25) is 5.91 Å². The van der Waals surface area contributed by atoms with Gasteiger partial charge in [-0.15, -0.1) is 11.8 Å². The maximum Gasteiger partial charge on any atom is 0.352 e. The molecule has 3 N–H and O–H groups in total. The number of halogens is 1. The van der Waals surface area contributed by atoms with Crippen LogP contribution in [-0.2, 0) is 14.4 Å². The van der Waals surface area contributed by atoms with Gasteiger partial charge in [0.25, 0.3) is 5.91 Å². The number of carbonyl (C=O) groups is 3. The van der Waals surface area contributed by atoms with Crippen molar-refractivity contribution in [2.45, 2.75) is 11.4 Å². The summed E-state index contributed by atoms with van der Waals surface area (Å²) in [5.74, 6) is -1.71. The van der Waals surface area contributed by atoms with Crippen LogP contribution >= 0.6 is 27.7 Å². The van der Waals surface area contributed by atoms with Crippen molar-refractivity contribution in [2.24, 2.45) is 0 Å². The molecule has 0 aliphatic carbocycles. The Morgan fingerprint density at radius 2 is 2.21 bits per heavy atom. The van der Waals surface area contributed by atoms with Crippen LogP contribution in [0.15, 0.2) is 11.3 Å². The lowest BCUT2D eigenvalue weighted by Gasteiger charge is -2.49. The molecule has 0 saturated carbocycles. The normalized spacial score (nSPS) is 25.8. The summed E-state index contributed by atoms with van der Waals surface area (Å²) in [7, 11) is 0. The standard InChI is InChI=1S/C10H11BrN2O5S/c11-1-5(15)12-6-8(16)13-7(10(17)18)4(2-14)3-19-9(6)13/h6,9,14H,1-3H2,(H,12,15)(H,17,18)/t6-,9-/m1/s1. The average Bonchev–Trinajstić information content (AvgIpc) is 2.42. The van der Waals surface area contributed by atoms with E-state index in [1.165, 1.54) is 11.8 Å². The maximum absolute atomic E-state index is 11.9. The molecule has 2 atom stereocenters. The molecule has 0 aromatic rings. The number of alkyl halides is 1. The zero-order valence-corrected chi connectivity index (χ0v) is 12.0. The molecule has 9 heteroatoms. The lowest BCUT2D eigenvalue weighted by atomic mass is 10.0. The van der Waals surface area contributed by atoms with Crippen molar-refractivity contribution in [2.75, 3.05) is 17.7 Å². The minimum Gasteiger partial charge on any atom is -0.477 e. The van der Waals surface area contributed by atoms with Crippen molar-refractivity contribution in [3.63, 3.8) is 0 Å². The zero-order valence-electron chi connectivity index (χ0n) is 9.63. The molecule has 1 fully saturated rings. The van der Waals surface area contributed by atoms with Gasteiger partial charge in [-0.3, -0.25) is 14.5 Å². The molecule has 104 valence electrons. The molecule has 2 amide bonds. The molecule has 0 aromatic carbocycles. The van der Waals surface area contributed by atoms with Crippen LogP contribution in [0, 0.1) is 0 Å². The number of aliphatic hydroxyl groups excluding tert-OH is 1. The highest BCUT2D eigenvalue weighted by Gasteiger charge is 2.53. The summed E-state index contributed by atoms with van der Waals surface area (Å²) in [6.45, 7) is -0.399. The maximum atomic E-state index is 11.9. The molecule has 19 heavy (non-hydrogen) atoms. The number of thioether (sulfide) groups is 1. The highest BCUT2D eigenvalue weighted by atomic mass is 79.9. The Kier molecular flexibility index (Phi) is 4.16. The van der Waals surface area contributed by atoms with Gasteiger partial charge in [0.05, 0.1) is 11.9 Å². The highest BCUT2D eigenvalue weighted by Crippen LogP contribution is 2.40. The topological polar surface area (TPSA) is 107 Å². The van der Waals surface area contributed by atoms with Crippen molar-refractivity contribution < 1.29 is 24.6 Å². The second-order valence-corrected chi connectivity index (χ2v) is 5.67. The molecule has 7 nitrogen and oxygen atoms in total. The van der Waals surface area contributed by atoms with E-state index >= 15 is 0 Å². The molecular weight excluding hydrogens is 340 g/mol. The number of aliphatic carboxylic acids is 1. The van der Waals surface area contributed by atoms with E-state index in [4.69, 9.17) is 10.2 Å². The number of carboxylic acid groups (broad SMARTS) is 1. The van der Waals surface area contributed by atoms with Crippen LogP contribution in [-0.4, -0.2) is 62.0 Å². The van der Waals surface area contributed by atoms with Gasteiger partial charge in [-0.05, 0) is 5.57 Å². The molecule has 0 spiro atoms. The van der Waals surface area contributed by atoms with Crippen molar-refractivity contribution in [1.82, 2.24) is 10.2 Å². The molecule has 0 aromatic heterocycles. The number of β-lactam (4-membered cyclic amide) rings is 1. The van der Waals surface area contributed by atoms with Crippen LogP contribution in [0.5, 0.6) is 0 Å². The number of carbonyl (C=O) groups excluding carboxylic acids is 2. The highest BCUT2D eigenvalue weighted by molar-refractivity contribution is 9.09. The molecule has 2 rings (SSSR count). The molecule has 2 aliphatic heterocycles. The van der Waals surface area contributed by atoms with Gasteiger partial charge in [-0.2, -0.15) is 0 Å². The molecule has 0 radical (unpaired) electrons. The van der Waals surface area contributed by atoms with Crippen LogP contribution in [0.3, 0.4) is 0 Å². The number of nitrogens with zero attached hydrogens (tertiary/aromatic N) is 1. The van der Waals surface area contributed by atoms with Gasteiger partial charge < -0.3 is 15.5 Å². The SMILES string of the molecule is O=C(CBr)N[C@@H]1C(=O)N2C(C(=O)O)=C(CO)CS[C@H]12. The van der Waals surface area contributed by atoms with E-state index in [0.29, 0.717) is 11.3 Å². The van der Waals surface area contributed by atoms with E-state index in [-0.39, 0.29) is 16.9 Å². The van der Waals surface area contributed by atoms with Gasteiger partial charge in [0.1, 0.15) is 17.1 Å². The van der Waals surface area contributed by atoms with E-state index < -0.39 is 29.9 Å². The molecule has 0 bridgehead atoms. The monoisotopic (exact) mass is 350 g/mol. The van der Waals surface area contributed by atoms with E-state index in [2.05, 4.69) is 21.2 Å². The minimum atomic E-state index is -1.24. The number of rotatable bonds is 4. The summed E-state index contributed by atoms with van der Waals surface area (Å²) in [6, 6.07) is -0.704. The first-order valence-electron chi connectivity index (χ1n) is 5.37. The third-order valence-electron chi connectivity index (χ3n) is 2.88. The molecule has 2 aliphatic rings. The summed E-state index contributed by atoms with van der Waals surface area (Å²) in [4.78, 5) is 35.5. The first-order chi connectivity index (χ1) is 9.01. The van der Waals surface area contributed by atoms with Gasteiger partial charge in [-0.1, -0.05) is 15.9 Å². The Hall–Kier alpha value is -1.06. The van der Waals surface area contributed by atoms with Gasteiger partial charge >= 0.3 is 5.97 Å². The van der Waals surface area contributed by atoms with Crippen LogP contribution in [0.4, 0.5) is 0 Å². The summed E-state index contributed by atoms with van der Waals surface area (Å²) < 4.78 is 0. The summed E-state index contributed by atoms with van der Waals surface area (Å²) >= 11 is 4.31. The Balaban J connectivity index is 2.21. The van der Waals surface area contributed by atoms with Crippen LogP contribution in [0.25, 0.3) is 0 Å². The van der Waals surface area contributed by atoms with Gasteiger partial charge in [-0.25, -0.2) is 4.79 Å². The van der Waals surface area contributed by atoms with E-state index in [9.17, 15) is 14.4 Å². The fourth-order valence-electron chi connectivity index (χ4n) is 2.02. The fourth-order valence-corrected chi connectivity index (χ4v) is 3.51. The number of hydrogen-bond acceptors (Lipinski definition) is 5. The lowest BCUT2D eigenvalue weighted by molar-refractivity contribution is -0.150. The van der Waals surface area contributed by atoms with Gasteiger partial charge in [0.15, 0.2) is 0 Å². The third kappa shape index (κ3) is 2.37. The second-order valence-electron chi connectivity index (χ2n) is 4.00. The Morgan fingerprint density at radius 1 is 1.53 bits per heavy atom. The van der Waals surface area contributed by atoms with E-state index in [0.717, 1.165) is 4.90 Å². The predicted molar refractivity (Wildman–Crippen MR) is 70.6 cm³/mol. The summed E-state index contributed by atoms with van der Waals surface area (Å²) in [6.07, 6.45) is 0. The molecule has 2 heterocycles. The predicted octanol–water partition coefficient (Wildman–Crippen LogP) is -0.888. The van der Waals surface area contributed by atoms with E-state index in [1.807, 2.05) is 0 Å². The largest absolute Gasteiger partial charge is 0.477 e. The number of hydrogen-bond donors (Lipinski definition) is 3. The van der Waals surface area contributed by atoms with Crippen molar-refractivity contribution in [1.29, 1.82) is 0 Å². The smallest absolute Gasteiger partial charge is 0.352 e. The van der Waals surface area contributed by atoms with Crippen molar-refractivity contribution in [3.05, 3.63) is 11.3 Å². The quantitative estimate of drug-likeness (QED) is 0.448. The Bertz CT molecular complexity index is 481. The average molecular weight is 351 g/mol. The number of amides is 2. The summed E-state index contributed by atoms with van der Waals surface area (Å²) in [5.41, 5.74) is 0.146. The zero-order chi connectivity index (χ0) is 14.2. The molecule has 0 unspecified atom stereocenters.